The molecule has 1 aromatic carbocycles. The highest BCUT2D eigenvalue weighted by atomic mass is 16.6. The van der Waals surface area contributed by atoms with E-state index in [9.17, 15) is 4.79 Å². The van der Waals surface area contributed by atoms with Gasteiger partial charge in [-0.1, -0.05) is 17.3 Å². The number of carbonyl (C=O) groups is 1. The molecule has 8 nitrogen and oxygen atoms in total. The summed E-state index contributed by atoms with van der Waals surface area (Å²) in [5.74, 6) is 1.36. The van der Waals surface area contributed by atoms with Crippen molar-refractivity contribution in [3.8, 4) is 11.4 Å². The van der Waals surface area contributed by atoms with Gasteiger partial charge in [0.2, 0.25) is 11.7 Å². The monoisotopic (exact) mass is 411 g/mol. The molecule has 0 spiro atoms. The van der Waals surface area contributed by atoms with Gasteiger partial charge in [0.1, 0.15) is 5.60 Å². The fourth-order valence-electron chi connectivity index (χ4n) is 3.74. The second-order valence-electron chi connectivity index (χ2n) is 9.15. The first-order chi connectivity index (χ1) is 14.2. The third-order valence-electron chi connectivity index (χ3n) is 5.28. The van der Waals surface area contributed by atoms with Gasteiger partial charge in [-0.05, 0) is 53.5 Å². The molecule has 0 aliphatic carbocycles. The van der Waals surface area contributed by atoms with E-state index in [0.717, 1.165) is 29.3 Å². The average molecular weight is 412 g/mol. The molecule has 0 radical (unpaired) electrons. The van der Waals surface area contributed by atoms with E-state index in [1.165, 1.54) is 0 Å². The van der Waals surface area contributed by atoms with E-state index < -0.39 is 5.60 Å². The molecule has 30 heavy (non-hydrogen) atoms. The zero-order valence-electron chi connectivity index (χ0n) is 18.3. The minimum absolute atomic E-state index is 0.148. The number of fused-ring (bicyclic) bond motifs is 1. The van der Waals surface area contributed by atoms with Crippen LogP contribution in [0.15, 0.2) is 28.9 Å². The van der Waals surface area contributed by atoms with Gasteiger partial charge in [0.15, 0.2) is 0 Å². The number of nitrogens with zero attached hydrogens (tertiary/aromatic N) is 5. The highest BCUT2D eigenvalue weighted by Crippen LogP contribution is 2.30. The lowest BCUT2D eigenvalue weighted by atomic mass is 9.97. The highest BCUT2D eigenvalue weighted by Gasteiger charge is 2.30. The Labute approximate surface area is 176 Å². The van der Waals surface area contributed by atoms with Crippen LogP contribution < -0.4 is 0 Å². The second kappa shape index (κ2) is 7.74. The van der Waals surface area contributed by atoms with Gasteiger partial charge in [0.25, 0.3) is 0 Å². The molecule has 8 heteroatoms. The maximum absolute atomic E-state index is 12.3. The van der Waals surface area contributed by atoms with E-state index in [-0.39, 0.29) is 18.1 Å². The molecule has 4 rings (SSSR count). The number of hydrogen-bond donors (Lipinski definition) is 0. The van der Waals surface area contributed by atoms with Gasteiger partial charge < -0.3 is 14.2 Å². The third kappa shape index (κ3) is 4.17. The van der Waals surface area contributed by atoms with Crippen LogP contribution in [0.4, 0.5) is 4.79 Å². The van der Waals surface area contributed by atoms with Crippen LogP contribution in [-0.4, -0.2) is 49.6 Å². The van der Waals surface area contributed by atoms with Gasteiger partial charge in [-0.15, -0.1) is 0 Å². The molecule has 3 heterocycles. The van der Waals surface area contributed by atoms with Crippen molar-refractivity contribution < 1.29 is 14.1 Å². The van der Waals surface area contributed by atoms with Crippen LogP contribution in [0.3, 0.4) is 0 Å². The molecule has 1 saturated heterocycles. The second-order valence-corrected chi connectivity index (χ2v) is 9.15. The molecule has 0 saturated carbocycles. The van der Waals surface area contributed by atoms with Crippen molar-refractivity contribution in [2.45, 2.75) is 65.0 Å². The van der Waals surface area contributed by atoms with E-state index in [1.807, 2.05) is 43.8 Å². The minimum atomic E-state index is -0.485. The van der Waals surface area contributed by atoms with Gasteiger partial charge in [-0.3, -0.25) is 4.68 Å². The van der Waals surface area contributed by atoms with Crippen molar-refractivity contribution >= 4 is 17.0 Å². The Bertz CT molecular complexity index is 1040. The number of likely N-dealkylation sites (tertiary alicyclic amines) is 1. The summed E-state index contributed by atoms with van der Waals surface area (Å²) in [5, 5.41) is 9.76. The Morgan fingerprint density at radius 3 is 2.63 bits per heavy atom. The highest BCUT2D eigenvalue weighted by molar-refractivity contribution is 5.83. The van der Waals surface area contributed by atoms with Crippen molar-refractivity contribution in [2.75, 3.05) is 13.1 Å². The van der Waals surface area contributed by atoms with Gasteiger partial charge in [-0.25, -0.2) is 4.79 Å². The number of piperidine rings is 1. The predicted octanol–water partition coefficient (Wildman–Crippen LogP) is 4.78. The van der Waals surface area contributed by atoms with Crippen LogP contribution >= 0.6 is 0 Å². The SMILES string of the molecule is CC(C)n1ncc2ccc(-c3noc(C4CCN(C(=O)OC(C)(C)C)CC4)n3)cc21. The zero-order chi connectivity index (χ0) is 21.5. The van der Waals surface area contributed by atoms with Crippen molar-refractivity contribution in [3.63, 3.8) is 0 Å². The Morgan fingerprint density at radius 1 is 1.23 bits per heavy atom. The molecule has 1 aliphatic heterocycles. The Hall–Kier alpha value is -2.90. The first kappa shape index (κ1) is 20.4. The molecule has 160 valence electrons. The number of benzene rings is 1. The number of rotatable bonds is 3. The van der Waals surface area contributed by atoms with Crippen molar-refractivity contribution in [2.24, 2.45) is 0 Å². The minimum Gasteiger partial charge on any atom is -0.444 e. The number of hydrogen-bond acceptors (Lipinski definition) is 6. The molecular weight excluding hydrogens is 382 g/mol. The molecule has 0 N–H and O–H groups in total. The molecule has 1 amide bonds. The van der Waals surface area contributed by atoms with E-state index in [2.05, 4.69) is 35.2 Å². The largest absolute Gasteiger partial charge is 0.444 e. The third-order valence-corrected chi connectivity index (χ3v) is 5.28. The van der Waals surface area contributed by atoms with Crippen molar-refractivity contribution in [1.29, 1.82) is 0 Å². The summed E-state index contributed by atoms with van der Waals surface area (Å²) in [6.07, 6.45) is 3.17. The number of amides is 1. The van der Waals surface area contributed by atoms with Crippen molar-refractivity contribution in [1.82, 2.24) is 24.8 Å². The molecule has 0 bridgehead atoms. The fourth-order valence-corrected chi connectivity index (χ4v) is 3.74. The maximum atomic E-state index is 12.3. The molecule has 2 aromatic heterocycles. The topological polar surface area (TPSA) is 86.3 Å². The van der Waals surface area contributed by atoms with Gasteiger partial charge >= 0.3 is 6.09 Å². The van der Waals surface area contributed by atoms with E-state index in [0.29, 0.717) is 24.8 Å². The first-order valence-electron chi connectivity index (χ1n) is 10.5. The van der Waals surface area contributed by atoms with Gasteiger partial charge in [0.05, 0.1) is 11.7 Å². The number of aromatic nitrogens is 4. The summed E-state index contributed by atoms with van der Waals surface area (Å²) in [6.45, 7) is 11.1. The van der Waals surface area contributed by atoms with E-state index in [4.69, 9.17) is 9.26 Å². The maximum Gasteiger partial charge on any atom is 0.410 e. The van der Waals surface area contributed by atoms with Crippen LogP contribution in [-0.2, 0) is 4.74 Å². The van der Waals surface area contributed by atoms with Gasteiger partial charge in [-0.2, -0.15) is 10.1 Å². The summed E-state index contributed by atoms with van der Waals surface area (Å²) in [6, 6.07) is 6.36. The van der Waals surface area contributed by atoms with Crippen molar-refractivity contribution in [3.05, 3.63) is 30.3 Å². The van der Waals surface area contributed by atoms with Crippen LogP contribution in [0.1, 0.15) is 65.3 Å². The summed E-state index contributed by atoms with van der Waals surface area (Å²) in [7, 11) is 0. The summed E-state index contributed by atoms with van der Waals surface area (Å²) >= 11 is 0. The van der Waals surface area contributed by atoms with E-state index in [1.54, 1.807) is 4.90 Å². The summed E-state index contributed by atoms with van der Waals surface area (Å²) in [5.41, 5.74) is 1.48. The fraction of sp³-hybridized carbons (Fsp3) is 0.545. The molecule has 0 unspecified atom stereocenters. The van der Waals surface area contributed by atoms with Gasteiger partial charge in [0, 0.05) is 36.0 Å². The zero-order valence-corrected chi connectivity index (χ0v) is 18.3. The Kier molecular flexibility index (Phi) is 5.26. The van der Waals surface area contributed by atoms with E-state index >= 15 is 0 Å². The average Bonchev–Trinajstić information content (AvgIpc) is 3.33. The normalized spacial score (nSPS) is 15.9. The lowest BCUT2D eigenvalue weighted by Gasteiger charge is -2.32. The van der Waals surface area contributed by atoms with Crippen LogP contribution in [0, 0.1) is 0 Å². The first-order valence-corrected chi connectivity index (χ1v) is 10.5. The number of carbonyl (C=O) groups excluding carboxylic acids is 1. The molecular formula is C22H29N5O3. The van der Waals surface area contributed by atoms with Crippen LogP contribution in [0.5, 0.6) is 0 Å². The number of ether oxygens (including phenoxy) is 1. The quantitative estimate of drug-likeness (QED) is 0.616. The smallest absolute Gasteiger partial charge is 0.410 e. The Morgan fingerprint density at radius 2 is 1.97 bits per heavy atom. The Balaban J connectivity index is 1.46. The molecule has 1 fully saturated rings. The molecule has 1 aliphatic rings. The molecule has 0 atom stereocenters. The predicted molar refractivity (Wildman–Crippen MR) is 113 cm³/mol. The summed E-state index contributed by atoms with van der Waals surface area (Å²) < 4.78 is 13.0. The van der Waals surface area contributed by atoms with Crippen LogP contribution in [0.25, 0.3) is 22.3 Å². The van der Waals surface area contributed by atoms with Crippen LogP contribution in [0.2, 0.25) is 0 Å². The lowest BCUT2D eigenvalue weighted by molar-refractivity contribution is 0.0198. The lowest BCUT2D eigenvalue weighted by Crippen LogP contribution is -2.41. The summed E-state index contributed by atoms with van der Waals surface area (Å²) in [4.78, 5) is 18.7. The standard InChI is InChI=1S/C22H29N5O3/c1-14(2)27-18-12-16(6-7-17(18)13-23-27)19-24-20(30-25-19)15-8-10-26(11-9-15)21(28)29-22(3,4)5/h6-7,12-15H,8-11H2,1-5H3. The molecule has 3 aromatic rings.